The van der Waals surface area contributed by atoms with E-state index in [1.807, 2.05) is 18.2 Å². The Labute approximate surface area is 109 Å². The summed E-state index contributed by atoms with van der Waals surface area (Å²) >= 11 is 0. The first-order chi connectivity index (χ1) is 8.72. The molecular weight excluding hydrogens is 226 g/mol. The molecule has 1 aliphatic heterocycles. The number of pyridine rings is 1. The molecule has 1 aliphatic rings. The molecule has 1 aromatic rings. The van der Waals surface area contributed by atoms with Crippen molar-refractivity contribution in [1.82, 2.24) is 4.98 Å². The highest BCUT2D eigenvalue weighted by Crippen LogP contribution is 2.24. The lowest BCUT2D eigenvalue weighted by atomic mass is 9.92. The van der Waals surface area contributed by atoms with E-state index >= 15 is 0 Å². The predicted octanol–water partition coefficient (Wildman–Crippen LogP) is 2.88. The third-order valence-corrected chi connectivity index (χ3v) is 3.33. The van der Waals surface area contributed by atoms with Crippen LogP contribution in [0.2, 0.25) is 0 Å². The second-order valence-corrected chi connectivity index (χ2v) is 5.13. The van der Waals surface area contributed by atoms with E-state index in [1.165, 1.54) is 0 Å². The van der Waals surface area contributed by atoms with Crippen LogP contribution in [0.4, 0.5) is 11.6 Å². The number of nitrogens with zero attached hydrogens (tertiary/aromatic N) is 1. The summed E-state index contributed by atoms with van der Waals surface area (Å²) in [5, 5.41) is 6.85. The molecule has 100 valence electrons. The summed E-state index contributed by atoms with van der Waals surface area (Å²) in [5.41, 5.74) is 0.106. The number of hydrogen-bond acceptors (Lipinski definition) is 4. The molecule has 2 N–H and O–H groups in total. The van der Waals surface area contributed by atoms with Crippen LogP contribution in [0.5, 0.6) is 0 Å². The monoisotopic (exact) mass is 249 g/mol. The average molecular weight is 249 g/mol. The van der Waals surface area contributed by atoms with Gasteiger partial charge in [0.15, 0.2) is 0 Å². The number of aromatic nitrogens is 1. The van der Waals surface area contributed by atoms with Crippen LogP contribution in [0.15, 0.2) is 18.2 Å². The van der Waals surface area contributed by atoms with E-state index in [0.717, 1.165) is 50.7 Å². The first-order valence-corrected chi connectivity index (χ1v) is 6.79. The lowest BCUT2D eigenvalue weighted by Gasteiger charge is -2.35. The molecule has 1 aromatic heterocycles. The molecule has 18 heavy (non-hydrogen) atoms. The highest BCUT2D eigenvalue weighted by molar-refractivity contribution is 5.46. The van der Waals surface area contributed by atoms with Crippen molar-refractivity contribution in [2.45, 2.75) is 38.6 Å². The Bertz CT molecular complexity index is 375. The highest BCUT2D eigenvalue weighted by Gasteiger charge is 2.27. The van der Waals surface area contributed by atoms with Crippen LogP contribution in [-0.2, 0) is 4.74 Å². The molecule has 2 heterocycles. The Balaban J connectivity index is 1.99. The molecule has 1 saturated heterocycles. The van der Waals surface area contributed by atoms with Gasteiger partial charge in [-0.15, -0.1) is 0 Å². The maximum Gasteiger partial charge on any atom is 0.128 e. The van der Waals surface area contributed by atoms with Gasteiger partial charge in [0.1, 0.15) is 11.6 Å². The fraction of sp³-hybridized carbons (Fsp3) is 0.643. The molecule has 0 spiro atoms. The zero-order chi connectivity index (χ0) is 12.8. The summed E-state index contributed by atoms with van der Waals surface area (Å²) < 4.78 is 5.41. The second-order valence-electron chi connectivity index (χ2n) is 5.13. The van der Waals surface area contributed by atoms with E-state index in [-0.39, 0.29) is 5.54 Å². The Morgan fingerprint density at radius 3 is 2.72 bits per heavy atom. The van der Waals surface area contributed by atoms with Crippen molar-refractivity contribution in [2.24, 2.45) is 0 Å². The zero-order valence-electron chi connectivity index (χ0n) is 11.3. The molecule has 0 saturated carbocycles. The third-order valence-electron chi connectivity index (χ3n) is 3.33. The quantitative estimate of drug-likeness (QED) is 0.842. The van der Waals surface area contributed by atoms with Gasteiger partial charge >= 0.3 is 0 Å². The fourth-order valence-electron chi connectivity index (χ4n) is 2.11. The van der Waals surface area contributed by atoms with Gasteiger partial charge in [0.2, 0.25) is 0 Å². The minimum Gasteiger partial charge on any atom is -0.381 e. The van der Waals surface area contributed by atoms with Gasteiger partial charge in [-0.2, -0.15) is 0 Å². The molecule has 0 aliphatic carbocycles. The average Bonchev–Trinajstić information content (AvgIpc) is 2.37. The van der Waals surface area contributed by atoms with Gasteiger partial charge in [-0.05, 0) is 38.3 Å². The van der Waals surface area contributed by atoms with Gasteiger partial charge in [-0.1, -0.05) is 13.0 Å². The fourth-order valence-corrected chi connectivity index (χ4v) is 2.11. The van der Waals surface area contributed by atoms with Crippen molar-refractivity contribution < 1.29 is 4.74 Å². The number of anilines is 2. The first kappa shape index (κ1) is 13.1. The number of rotatable bonds is 5. The van der Waals surface area contributed by atoms with E-state index < -0.39 is 0 Å². The number of ether oxygens (including phenoxy) is 1. The summed E-state index contributed by atoms with van der Waals surface area (Å²) in [6.07, 6.45) is 3.16. The molecule has 0 atom stereocenters. The smallest absolute Gasteiger partial charge is 0.128 e. The molecule has 4 heteroatoms. The molecule has 0 aromatic carbocycles. The number of nitrogens with one attached hydrogen (secondary N) is 2. The van der Waals surface area contributed by atoms with Gasteiger partial charge in [0, 0.05) is 25.3 Å². The van der Waals surface area contributed by atoms with Crippen molar-refractivity contribution in [3.8, 4) is 0 Å². The first-order valence-electron chi connectivity index (χ1n) is 6.79. The van der Waals surface area contributed by atoms with E-state index in [9.17, 15) is 0 Å². The molecule has 0 radical (unpaired) electrons. The summed E-state index contributed by atoms with van der Waals surface area (Å²) in [7, 11) is 0. The third kappa shape index (κ3) is 3.60. The maximum atomic E-state index is 5.41. The molecular formula is C14H23N3O. The van der Waals surface area contributed by atoms with Gasteiger partial charge in [0.25, 0.3) is 0 Å². The minimum atomic E-state index is 0.106. The number of hydrogen-bond donors (Lipinski definition) is 2. The summed E-state index contributed by atoms with van der Waals surface area (Å²) in [6, 6.07) is 6.07. The van der Waals surface area contributed by atoms with E-state index in [2.05, 4.69) is 29.5 Å². The van der Waals surface area contributed by atoms with Crippen molar-refractivity contribution in [1.29, 1.82) is 0 Å². The molecule has 0 amide bonds. The lowest BCUT2D eigenvalue weighted by molar-refractivity contribution is 0.0657. The van der Waals surface area contributed by atoms with Crippen molar-refractivity contribution in [2.75, 3.05) is 30.4 Å². The Hall–Kier alpha value is -1.29. The topological polar surface area (TPSA) is 46.2 Å². The van der Waals surface area contributed by atoms with Crippen LogP contribution in [0.25, 0.3) is 0 Å². The lowest BCUT2D eigenvalue weighted by Crippen LogP contribution is -2.40. The Morgan fingerprint density at radius 1 is 1.28 bits per heavy atom. The summed E-state index contributed by atoms with van der Waals surface area (Å²) in [4.78, 5) is 4.59. The molecule has 4 nitrogen and oxygen atoms in total. The normalized spacial score (nSPS) is 18.3. The van der Waals surface area contributed by atoms with E-state index in [1.54, 1.807) is 0 Å². The second kappa shape index (κ2) is 6.05. The van der Waals surface area contributed by atoms with Crippen molar-refractivity contribution in [3.63, 3.8) is 0 Å². The van der Waals surface area contributed by atoms with Gasteiger partial charge in [-0.25, -0.2) is 4.98 Å². The maximum absolute atomic E-state index is 5.41. The molecule has 0 unspecified atom stereocenters. The Morgan fingerprint density at radius 2 is 2.00 bits per heavy atom. The van der Waals surface area contributed by atoms with Crippen LogP contribution in [-0.4, -0.2) is 30.3 Å². The van der Waals surface area contributed by atoms with Crippen LogP contribution in [0, 0.1) is 0 Å². The van der Waals surface area contributed by atoms with Crippen molar-refractivity contribution >= 4 is 11.6 Å². The van der Waals surface area contributed by atoms with Crippen LogP contribution >= 0.6 is 0 Å². The largest absolute Gasteiger partial charge is 0.381 e. The Kier molecular flexibility index (Phi) is 4.42. The summed E-state index contributed by atoms with van der Waals surface area (Å²) in [5.74, 6) is 1.89. The standard InChI is InChI=1S/C14H23N3O/c1-3-9-15-12-5-4-6-13(16-12)17-14(2)7-10-18-11-8-14/h4-6H,3,7-11H2,1-2H3,(H2,15,16,17). The molecule has 1 fully saturated rings. The van der Waals surface area contributed by atoms with Gasteiger partial charge in [0.05, 0.1) is 0 Å². The van der Waals surface area contributed by atoms with Crippen LogP contribution < -0.4 is 10.6 Å². The predicted molar refractivity (Wildman–Crippen MR) is 75.1 cm³/mol. The molecule has 0 bridgehead atoms. The minimum absolute atomic E-state index is 0.106. The van der Waals surface area contributed by atoms with Gasteiger partial charge in [-0.3, -0.25) is 0 Å². The van der Waals surface area contributed by atoms with Crippen molar-refractivity contribution in [3.05, 3.63) is 18.2 Å². The van der Waals surface area contributed by atoms with Crippen LogP contribution in [0.3, 0.4) is 0 Å². The van der Waals surface area contributed by atoms with E-state index in [0.29, 0.717) is 0 Å². The SMILES string of the molecule is CCCNc1cccc(NC2(C)CCOCC2)n1. The molecule has 2 rings (SSSR count). The van der Waals surface area contributed by atoms with E-state index in [4.69, 9.17) is 4.74 Å². The highest BCUT2D eigenvalue weighted by atomic mass is 16.5. The van der Waals surface area contributed by atoms with Crippen LogP contribution in [0.1, 0.15) is 33.1 Å². The summed E-state index contributed by atoms with van der Waals surface area (Å²) in [6.45, 7) is 7.01. The zero-order valence-corrected chi connectivity index (χ0v) is 11.3. The van der Waals surface area contributed by atoms with Gasteiger partial charge < -0.3 is 15.4 Å².